The van der Waals surface area contributed by atoms with Crippen LogP contribution in [0.2, 0.25) is 0 Å². The molecule has 2 saturated carbocycles. The average Bonchev–Trinajstić information content (AvgIpc) is 3.02. The number of benzene rings is 1. The number of aryl methyl sites for hydroxylation is 1. The van der Waals surface area contributed by atoms with E-state index in [1.54, 1.807) is 0 Å². The minimum absolute atomic E-state index is 0.576. The Morgan fingerprint density at radius 3 is 2.78 bits per heavy atom. The molecule has 0 saturated heterocycles. The van der Waals surface area contributed by atoms with Gasteiger partial charge in [-0.3, -0.25) is 0 Å². The summed E-state index contributed by atoms with van der Waals surface area (Å²) in [4.78, 5) is 0. The van der Waals surface area contributed by atoms with Gasteiger partial charge >= 0.3 is 0 Å². The van der Waals surface area contributed by atoms with Gasteiger partial charge in [-0.05, 0) is 61.6 Å². The second kappa shape index (κ2) is 5.05. The molecule has 2 fully saturated rings. The zero-order valence-corrected chi connectivity index (χ0v) is 11.7. The maximum Gasteiger partial charge on any atom is 0.0349 e. The van der Waals surface area contributed by atoms with E-state index in [0.717, 1.165) is 24.2 Å². The Labute approximate surface area is 111 Å². The van der Waals surface area contributed by atoms with Gasteiger partial charge in [-0.15, -0.1) is 0 Å². The third-order valence-electron chi connectivity index (χ3n) is 5.25. The van der Waals surface area contributed by atoms with Crippen molar-refractivity contribution in [1.82, 2.24) is 5.32 Å². The molecule has 2 bridgehead atoms. The van der Waals surface area contributed by atoms with Crippen LogP contribution in [-0.2, 0) is 6.42 Å². The fourth-order valence-corrected chi connectivity index (χ4v) is 4.34. The first-order valence-electron chi connectivity index (χ1n) is 7.58. The molecule has 18 heavy (non-hydrogen) atoms. The molecule has 0 heterocycles. The summed E-state index contributed by atoms with van der Waals surface area (Å²) in [6, 6.07) is 9.77. The Morgan fingerprint density at radius 2 is 2.17 bits per heavy atom. The standard InChI is InChI=1S/C17H25N/c1-3-12-5-4-6-15(9-12)17(18-2)16-11-13-7-8-14(16)10-13/h4-6,9,13-14,16-18H,3,7-8,10-11H2,1-2H3. The van der Waals surface area contributed by atoms with Gasteiger partial charge in [0.1, 0.15) is 0 Å². The van der Waals surface area contributed by atoms with Crippen molar-refractivity contribution in [3.63, 3.8) is 0 Å². The van der Waals surface area contributed by atoms with Crippen LogP contribution >= 0.6 is 0 Å². The largest absolute Gasteiger partial charge is 0.313 e. The molecule has 2 aliphatic carbocycles. The van der Waals surface area contributed by atoms with E-state index in [1.165, 1.54) is 36.8 Å². The molecule has 0 amide bonds. The van der Waals surface area contributed by atoms with Gasteiger partial charge in [0.05, 0.1) is 0 Å². The molecule has 1 heteroatoms. The minimum atomic E-state index is 0.576. The summed E-state index contributed by atoms with van der Waals surface area (Å²) in [5, 5.41) is 3.60. The maximum atomic E-state index is 3.60. The van der Waals surface area contributed by atoms with Gasteiger partial charge in [-0.2, -0.15) is 0 Å². The number of nitrogens with one attached hydrogen (secondary N) is 1. The van der Waals surface area contributed by atoms with Crippen molar-refractivity contribution in [2.24, 2.45) is 17.8 Å². The van der Waals surface area contributed by atoms with Crippen LogP contribution < -0.4 is 5.32 Å². The van der Waals surface area contributed by atoms with Crippen molar-refractivity contribution in [1.29, 1.82) is 0 Å². The van der Waals surface area contributed by atoms with Crippen molar-refractivity contribution in [2.75, 3.05) is 7.05 Å². The first kappa shape index (κ1) is 12.2. The zero-order valence-electron chi connectivity index (χ0n) is 11.7. The van der Waals surface area contributed by atoms with Gasteiger partial charge in [-0.1, -0.05) is 37.6 Å². The molecule has 1 aromatic carbocycles. The Morgan fingerprint density at radius 1 is 1.28 bits per heavy atom. The predicted molar refractivity (Wildman–Crippen MR) is 76.6 cm³/mol. The van der Waals surface area contributed by atoms with Gasteiger partial charge in [0.2, 0.25) is 0 Å². The first-order valence-corrected chi connectivity index (χ1v) is 7.58. The summed E-state index contributed by atoms with van der Waals surface area (Å²) >= 11 is 0. The lowest BCUT2D eigenvalue weighted by Crippen LogP contribution is -2.29. The SMILES string of the molecule is CCc1cccc(C(NC)C2CC3CCC2C3)c1. The Kier molecular flexibility index (Phi) is 3.43. The Bertz CT molecular complexity index is 412. The van der Waals surface area contributed by atoms with Crippen molar-refractivity contribution in [3.05, 3.63) is 35.4 Å². The summed E-state index contributed by atoms with van der Waals surface area (Å²) in [6.07, 6.45) is 7.05. The molecule has 0 radical (unpaired) electrons. The van der Waals surface area contributed by atoms with E-state index in [2.05, 4.69) is 43.6 Å². The fraction of sp³-hybridized carbons (Fsp3) is 0.647. The predicted octanol–water partition coefficient (Wildman–Crippen LogP) is 3.95. The highest BCUT2D eigenvalue weighted by molar-refractivity contribution is 5.27. The van der Waals surface area contributed by atoms with E-state index < -0.39 is 0 Å². The molecule has 0 aromatic heterocycles. The second-order valence-electron chi connectivity index (χ2n) is 6.20. The molecule has 98 valence electrons. The van der Waals surface area contributed by atoms with Crippen molar-refractivity contribution >= 4 is 0 Å². The smallest absolute Gasteiger partial charge is 0.0349 e. The molecular weight excluding hydrogens is 218 g/mol. The lowest BCUT2D eigenvalue weighted by atomic mass is 9.80. The van der Waals surface area contributed by atoms with E-state index in [9.17, 15) is 0 Å². The number of hydrogen-bond acceptors (Lipinski definition) is 1. The molecule has 1 N–H and O–H groups in total. The zero-order chi connectivity index (χ0) is 12.5. The molecule has 4 unspecified atom stereocenters. The van der Waals surface area contributed by atoms with Gasteiger partial charge in [0.25, 0.3) is 0 Å². The lowest BCUT2D eigenvalue weighted by Gasteiger charge is -2.31. The highest BCUT2D eigenvalue weighted by Gasteiger charge is 2.42. The third-order valence-corrected chi connectivity index (χ3v) is 5.25. The summed E-state index contributed by atoms with van der Waals surface area (Å²) in [5.74, 6) is 2.89. The van der Waals surface area contributed by atoms with Crippen LogP contribution in [0.3, 0.4) is 0 Å². The van der Waals surface area contributed by atoms with E-state index in [-0.39, 0.29) is 0 Å². The van der Waals surface area contributed by atoms with Crippen LogP contribution in [0.1, 0.15) is 49.8 Å². The van der Waals surface area contributed by atoms with Gasteiger partial charge < -0.3 is 5.32 Å². The van der Waals surface area contributed by atoms with Crippen LogP contribution in [0.5, 0.6) is 0 Å². The molecular formula is C17H25N. The fourth-order valence-electron chi connectivity index (χ4n) is 4.34. The molecule has 0 aliphatic heterocycles. The summed E-state index contributed by atoms with van der Waals surface area (Å²) in [7, 11) is 2.13. The maximum absolute atomic E-state index is 3.60. The topological polar surface area (TPSA) is 12.0 Å². The van der Waals surface area contributed by atoms with Crippen LogP contribution in [0.25, 0.3) is 0 Å². The van der Waals surface area contributed by atoms with Crippen LogP contribution in [-0.4, -0.2) is 7.05 Å². The Balaban J connectivity index is 1.83. The molecule has 2 aliphatic rings. The van der Waals surface area contributed by atoms with E-state index in [0.29, 0.717) is 6.04 Å². The highest BCUT2D eigenvalue weighted by atomic mass is 14.9. The normalized spacial score (nSPS) is 31.8. The van der Waals surface area contributed by atoms with E-state index >= 15 is 0 Å². The van der Waals surface area contributed by atoms with E-state index in [1.807, 2.05) is 0 Å². The molecule has 1 nitrogen and oxygen atoms in total. The van der Waals surface area contributed by atoms with Crippen LogP contribution in [0.4, 0.5) is 0 Å². The van der Waals surface area contributed by atoms with Gasteiger partial charge in [0.15, 0.2) is 0 Å². The van der Waals surface area contributed by atoms with Crippen molar-refractivity contribution in [2.45, 2.75) is 45.1 Å². The number of fused-ring (bicyclic) bond motifs is 2. The van der Waals surface area contributed by atoms with Crippen LogP contribution in [0, 0.1) is 17.8 Å². The Hall–Kier alpha value is -0.820. The van der Waals surface area contributed by atoms with Crippen molar-refractivity contribution < 1.29 is 0 Å². The average molecular weight is 243 g/mol. The quantitative estimate of drug-likeness (QED) is 0.844. The summed E-state index contributed by atoms with van der Waals surface area (Å²) in [6.45, 7) is 2.24. The second-order valence-corrected chi connectivity index (χ2v) is 6.20. The lowest BCUT2D eigenvalue weighted by molar-refractivity contribution is 0.259. The van der Waals surface area contributed by atoms with Crippen molar-refractivity contribution in [3.8, 4) is 0 Å². The van der Waals surface area contributed by atoms with Gasteiger partial charge in [0, 0.05) is 6.04 Å². The number of hydrogen-bond donors (Lipinski definition) is 1. The monoisotopic (exact) mass is 243 g/mol. The molecule has 0 spiro atoms. The highest BCUT2D eigenvalue weighted by Crippen LogP contribution is 2.52. The summed E-state index contributed by atoms with van der Waals surface area (Å²) in [5.41, 5.74) is 2.98. The summed E-state index contributed by atoms with van der Waals surface area (Å²) < 4.78 is 0. The third kappa shape index (κ3) is 2.09. The van der Waals surface area contributed by atoms with Crippen LogP contribution in [0.15, 0.2) is 24.3 Å². The molecule has 4 atom stereocenters. The molecule has 1 aromatic rings. The minimum Gasteiger partial charge on any atom is -0.313 e. The molecule has 3 rings (SSSR count). The van der Waals surface area contributed by atoms with E-state index in [4.69, 9.17) is 0 Å². The number of rotatable bonds is 4. The first-order chi connectivity index (χ1) is 8.81. The van der Waals surface area contributed by atoms with Gasteiger partial charge in [-0.25, -0.2) is 0 Å².